The first-order chi connectivity index (χ1) is 9.11. The lowest BCUT2D eigenvalue weighted by Gasteiger charge is -2.02. The van der Waals surface area contributed by atoms with Crippen LogP contribution in [0.5, 0.6) is 0 Å². The van der Waals surface area contributed by atoms with Crippen molar-refractivity contribution in [2.75, 3.05) is 7.11 Å². The normalized spacial score (nSPS) is 10.8. The van der Waals surface area contributed by atoms with Crippen molar-refractivity contribution in [3.8, 4) is 0 Å². The Bertz CT molecular complexity index is 676. The first-order valence-electron chi connectivity index (χ1n) is 5.50. The van der Waals surface area contributed by atoms with Crippen LogP contribution < -0.4 is 0 Å². The summed E-state index contributed by atoms with van der Waals surface area (Å²) in [4.78, 5) is 26.2. The van der Waals surface area contributed by atoms with Crippen molar-refractivity contribution < 1.29 is 19.4 Å². The van der Waals surface area contributed by atoms with Gasteiger partial charge in [0.05, 0.1) is 18.2 Å². The number of esters is 1. The zero-order valence-electron chi connectivity index (χ0n) is 10.2. The number of carboxylic acids is 1. The van der Waals surface area contributed by atoms with Gasteiger partial charge in [-0.05, 0) is 29.8 Å². The number of pyridine rings is 1. The summed E-state index contributed by atoms with van der Waals surface area (Å²) in [5.41, 5.74) is 1.47. The summed E-state index contributed by atoms with van der Waals surface area (Å²) in [6.07, 6.45) is 4.29. The summed E-state index contributed by atoms with van der Waals surface area (Å²) in [5.74, 6) is -1.48. The van der Waals surface area contributed by atoms with Gasteiger partial charge < -0.3 is 9.84 Å². The number of methoxy groups -OCH3 is 1. The van der Waals surface area contributed by atoms with Crippen molar-refractivity contribution in [3.05, 3.63) is 47.7 Å². The largest absolute Gasteiger partial charge is 0.478 e. The topological polar surface area (TPSA) is 76.5 Å². The van der Waals surface area contributed by atoms with Crippen LogP contribution in [0.4, 0.5) is 0 Å². The highest BCUT2D eigenvalue weighted by molar-refractivity contribution is 6.03. The molecule has 19 heavy (non-hydrogen) atoms. The fraction of sp³-hybridized carbons (Fsp3) is 0.0714. The van der Waals surface area contributed by atoms with E-state index in [4.69, 9.17) is 5.11 Å². The molecule has 0 spiro atoms. The second kappa shape index (κ2) is 5.30. The number of hydrogen-bond donors (Lipinski definition) is 1. The molecule has 0 aliphatic carbocycles. The Hall–Kier alpha value is -2.69. The summed E-state index contributed by atoms with van der Waals surface area (Å²) >= 11 is 0. The van der Waals surface area contributed by atoms with Crippen LogP contribution in [-0.4, -0.2) is 29.1 Å². The maximum atomic E-state index is 11.1. The Morgan fingerprint density at radius 3 is 2.79 bits per heavy atom. The maximum absolute atomic E-state index is 11.1. The van der Waals surface area contributed by atoms with Crippen LogP contribution in [0, 0.1) is 0 Å². The summed E-state index contributed by atoms with van der Waals surface area (Å²) in [7, 11) is 1.29. The Labute approximate surface area is 109 Å². The molecule has 1 N–H and O–H groups in total. The smallest absolute Gasteiger partial charge is 0.336 e. The highest BCUT2D eigenvalue weighted by Gasteiger charge is 2.08. The van der Waals surface area contributed by atoms with Gasteiger partial charge in [-0.3, -0.25) is 4.98 Å². The fourth-order valence-corrected chi connectivity index (χ4v) is 1.69. The number of aromatic nitrogens is 1. The monoisotopic (exact) mass is 257 g/mol. The van der Waals surface area contributed by atoms with E-state index in [1.165, 1.54) is 25.4 Å². The molecule has 2 aromatic rings. The molecular formula is C14H11NO4. The minimum absolute atomic E-state index is 0.179. The van der Waals surface area contributed by atoms with Crippen molar-refractivity contribution in [1.29, 1.82) is 0 Å². The molecule has 1 aromatic carbocycles. The van der Waals surface area contributed by atoms with E-state index in [-0.39, 0.29) is 5.56 Å². The van der Waals surface area contributed by atoms with E-state index < -0.39 is 11.9 Å². The third-order valence-corrected chi connectivity index (χ3v) is 2.61. The number of fused-ring (bicyclic) bond motifs is 1. The minimum atomic E-state index is -1.01. The zero-order chi connectivity index (χ0) is 13.8. The highest BCUT2D eigenvalue weighted by Crippen LogP contribution is 2.19. The van der Waals surface area contributed by atoms with Crippen molar-refractivity contribution in [2.45, 2.75) is 0 Å². The Morgan fingerprint density at radius 2 is 2.11 bits per heavy atom. The molecule has 0 fully saturated rings. The second-order valence-electron chi connectivity index (χ2n) is 3.80. The Kier molecular flexibility index (Phi) is 3.56. The SMILES string of the molecule is COC(=O)C=Cc1ccc2nccc(C(=O)O)c2c1. The van der Waals surface area contributed by atoms with Gasteiger partial charge in [-0.25, -0.2) is 9.59 Å². The van der Waals surface area contributed by atoms with E-state index in [1.807, 2.05) is 0 Å². The third-order valence-electron chi connectivity index (χ3n) is 2.61. The van der Waals surface area contributed by atoms with Crippen molar-refractivity contribution in [1.82, 2.24) is 4.98 Å². The number of benzene rings is 1. The third kappa shape index (κ3) is 2.77. The van der Waals surface area contributed by atoms with Crippen LogP contribution in [-0.2, 0) is 9.53 Å². The van der Waals surface area contributed by atoms with Crippen molar-refractivity contribution >= 4 is 28.9 Å². The van der Waals surface area contributed by atoms with Crippen LogP contribution in [0.25, 0.3) is 17.0 Å². The van der Waals surface area contributed by atoms with Crippen LogP contribution in [0.3, 0.4) is 0 Å². The van der Waals surface area contributed by atoms with Crippen molar-refractivity contribution in [3.63, 3.8) is 0 Å². The number of carboxylic acid groups (broad SMARTS) is 1. The first-order valence-corrected chi connectivity index (χ1v) is 5.50. The van der Waals surface area contributed by atoms with Crippen LogP contribution in [0.1, 0.15) is 15.9 Å². The number of aromatic carboxylic acids is 1. The van der Waals surface area contributed by atoms with Crippen LogP contribution in [0.2, 0.25) is 0 Å². The molecule has 0 saturated heterocycles. The van der Waals surface area contributed by atoms with Gasteiger partial charge in [-0.1, -0.05) is 6.07 Å². The molecule has 0 bridgehead atoms. The first kappa shape index (κ1) is 12.8. The van der Waals surface area contributed by atoms with Gasteiger partial charge in [0.2, 0.25) is 0 Å². The van der Waals surface area contributed by atoms with E-state index >= 15 is 0 Å². The van der Waals surface area contributed by atoms with Gasteiger partial charge in [-0.2, -0.15) is 0 Å². The van der Waals surface area contributed by atoms with E-state index in [0.29, 0.717) is 16.5 Å². The summed E-state index contributed by atoms with van der Waals surface area (Å²) in [6, 6.07) is 6.57. The maximum Gasteiger partial charge on any atom is 0.336 e. The molecule has 96 valence electrons. The lowest BCUT2D eigenvalue weighted by molar-refractivity contribution is -0.134. The predicted octanol–water partition coefficient (Wildman–Crippen LogP) is 2.12. The molecule has 0 unspecified atom stereocenters. The molecule has 0 amide bonds. The summed E-state index contributed by atoms with van der Waals surface area (Å²) in [6.45, 7) is 0. The van der Waals surface area contributed by atoms with Gasteiger partial charge in [0.15, 0.2) is 0 Å². The molecule has 1 aromatic heterocycles. The standard InChI is InChI=1S/C14H11NO4/c1-19-13(16)5-3-9-2-4-12-11(8-9)10(14(17)18)6-7-15-12/h2-8H,1H3,(H,17,18). The number of rotatable bonds is 3. The number of carbonyl (C=O) groups excluding carboxylic acids is 1. The molecule has 0 atom stereocenters. The average Bonchev–Trinajstić information content (AvgIpc) is 2.43. The average molecular weight is 257 g/mol. The van der Waals surface area contributed by atoms with Crippen LogP contribution >= 0.6 is 0 Å². The highest BCUT2D eigenvalue weighted by atomic mass is 16.5. The van der Waals surface area contributed by atoms with Gasteiger partial charge >= 0.3 is 11.9 Å². The molecule has 0 radical (unpaired) electrons. The quantitative estimate of drug-likeness (QED) is 0.673. The number of carbonyl (C=O) groups is 2. The summed E-state index contributed by atoms with van der Waals surface area (Å²) < 4.78 is 4.49. The van der Waals surface area contributed by atoms with E-state index in [1.54, 1.807) is 24.3 Å². The molecule has 0 saturated carbocycles. The second-order valence-corrected chi connectivity index (χ2v) is 3.80. The molecule has 2 rings (SSSR count). The van der Waals surface area contributed by atoms with Gasteiger partial charge in [0, 0.05) is 17.7 Å². The lowest BCUT2D eigenvalue weighted by atomic mass is 10.1. The predicted molar refractivity (Wildman–Crippen MR) is 69.8 cm³/mol. The minimum Gasteiger partial charge on any atom is -0.478 e. The number of hydrogen-bond acceptors (Lipinski definition) is 4. The van der Waals surface area contributed by atoms with E-state index in [2.05, 4.69) is 9.72 Å². The number of ether oxygens (including phenoxy) is 1. The molecule has 5 nitrogen and oxygen atoms in total. The molecular weight excluding hydrogens is 246 g/mol. The lowest BCUT2D eigenvalue weighted by Crippen LogP contribution is -1.98. The summed E-state index contributed by atoms with van der Waals surface area (Å²) in [5, 5.41) is 9.64. The van der Waals surface area contributed by atoms with Gasteiger partial charge in [0.1, 0.15) is 0 Å². The molecule has 0 aliphatic heterocycles. The number of nitrogens with zero attached hydrogens (tertiary/aromatic N) is 1. The zero-order valence-corrected chi connectivity index (χ0v) is 10.2. The molecule has 5 heteroatoms. The van der Waals surface area contributed by atoms with Crippen LogP contribution in [0.15, 0.2) is 36.5 Å². The van der Waals surface area contributed by atoms with E-state index in [0.717, 1.165) is 0 Å². The molecule has 1 heterocycles. The Morgan fingerprint density at radius 1 is 1.32 bits per heavy atom. The van der Waals surface area contributed by atoms with E-state index in [9.17, 15) is 9.59 Å². The fourth-order valence-electron chi connectivity index (χ4n) is 1.69. The Balaban J connectivity index is 2.50. The van der Waals surface area contributed by atoms with Crippen molar-refractivity contribution in [2.24, 2.45) is 0 Å². The van der Waals surface area contributed by atoms with Gasteiger partial charge in [-0.15, -0.1) is 0 Å². The molecule has 0 aliphatic rings. The van der Waals surface area contributed by atoms with Gasteiger partial charge in [0.25, 0.3) is 0 Å².